The molecule has 138 valence electrons. The highest BCUT2D eigenvalue weighted by atomic mass is 32.2. The van der Waals surface area contributed by atoms with Crippen LogP contribution >= 0.6 is 11.8 Å². The third kappa shape index (κ3) is 5.61. The first-order valence-corrected chi connectivity index (χ1v) is 8.91. The molecule has 3 rings (SSSR count). The van der Waals surface area contributed by atoms with E-state index in [4.69, 9.17) is 0 Å². The number of H-pyrrole nitrogens is 1. The van der Waals surface area contributed by atoms with Gasteiger partial charge in [0.25, 0.3) is 0 Å². The van der Waals surface area contributed by atoms with Gasteiger partial charge in [0, 0.05) is 11.9 Å². The van der Waals surface area contributed by atoms with Crippen molar-refractivity contribution in [2.45, 2.75) is 12.1 Å². The number of carbonyl (C=O) groups excluding carboxylic acids is 1. The number of carbonyl (C=O) groups is 1. The maximum absolute atomic E-state index is 12.8. The normalized spacial score (nSPS) is 11.3. The molecule has 0 atom stereocenters. The Morgan fingerprint density at radius 2 is 2.07 bits per heavy atom. The van der Waals surface area contributed by atoms with Crippen LogP contribution < -0.4 is 10.7 Å². The Balaban J connectivity index is 1.49. The number of halogens is 1. The standard InChI is InChI=1S/C17H16FN7OS/c1-11(14-4-2-3-9-19-14)22-23-16-21-17(25-24-16)27-10-15(26)20-13-7-5-12(18)6-8-13/h2-9H,10H2,1H3,(H,20,26)(H2,21,23,24,25)/b22-11+. The summed E-state index contributed by atoms with van der Waals surface area (Å²) in [6.45, 7) is 1.82. The molecule has 1 amide bonds. The number of benzene rings is 1. The Morgan fingerprint density at radius 1 is 1.26 bits per heavy atom. The van der Waals surface area contributed by atoms with Gasteiger partial charge in [-0.05, 0) is 43.3 Å². The number of pyridine rings is 1. The largest absolute Gasteiger partial charge is 0.325 e. The molecule has 0 aliphatic rings. The summed E-state index contributed by atoms with van der Waals surface area (Å²) in [5.41, 5.74) is 4.73. The molecular formula is C17H16FN7OS. The van der Waals surface area contributed by atoms with Crippen LogP contribution in [0.3, 0.4) is 0 Å². The number of rotatable bonds is 7. The number of hydrazone groups is 1. The van der Waals surface area contributed by atoms with Crippen molar-refractivity contribution in [3.63, 3.8) is 0 Å². The molecule has 0 aliphatic heterocycles. The molecule has 0 aliphatic carbocycles. The second-order valence-corrected chi connectivity index (χ2v) is 6.28. The number of anilines is 2. The average Bonchev–Trinajstić information content (AvgIpc) is 3.15. The molecule has 0 saturated carbocycles. The van der Waals surface area contributed by atoms with Crippen molar-refractivity contribution in [3.8, 4) is 0 Å². The van der Waals surface area contributed by atoms with E-state index in [1.54, 1.807) is 6.20 Å². The molecule has 3 N–H and O–H groups in total. The summed E-state index contributed by atoms with van der Waals surface area (Å²) >= 11 is 1.16. The van der Waals surface area contributed by atoms with Crippen LogP contribution in [0.2, 0.25) is 0 Å². The summed E-state index contributed by atoms with van der Waals surface area (Å²) in [6, 6.07) is 11.1. The topological polar surface area (TPSA) is 108 Å². The van der Waals surface area contributed by atoms with Crippen LogP contribution in [0.5, 0.6) is 0 Å². The molecule has 0 saturated heterocycles. The minimum Gasteiger partial charge on any atom is -0.325 e. The first-order chi connectivity index (χ1) is 13.1. The Kier molecular flexibility index (Phi) is 6.10. The van der Waals surface area contributed by atoms with Gasteiger partial charge in [-0.15, -0.1) is 5.10 Å². The molecule has 0 fully saturated rings. The van der Waals surface area contributed by atoms with Gasteiger partial charge < -0.3 is 5.32 Å². The smallest absolute Gasteiger partial charge is 0.240 e. The molecule has 0 unspecified atom stereocenters. The third-order valence-corrected chi connectivity index (χ3v) is 4.14. The molecule has 27 heavy (non-hydrogen) atoms. The van der Waals surface area contributed by atoms with E-state index in [0.29, 0.717) is 22.5 Å². The number of aromatic amines is 1. The number of nitrogens with zero attached hydrogens (tertiary/aromatic N) is 4. The fourth-order valence-corrected chi connectivity index (χ4v) is 2.59. The molecule has 1 aromatic carbocycles. The maximum Gasteiger partial charge on any atom is 0.240 e. The zero-order chi connectivity index (χ0) is 19.1. The average molecular weight is 385 g/mol. The predicted octanol–water partition coefficient (Wildman–Crippen LogP) is 2.91. The summed E-state index contributed by atoms with van der Waals surface area (Å²) in [6.07, 6.45) is 1.69. The zero-order valence-electron chi connectivity index (χ0n) is 14.3. The van der Waals surface area contributed by atoms with Gasteiger partial charge in [0.05, 0.1) is 17.2 Å². The molecule has 0 radical (unpaired) electrons. The SMILES string of the molecule is C/C(=N\Nc1nc(SCC(=O)Nc2ccc(F)cc2)n[nH]1)c1ccccn1. The number of aromatic nitrogens is 4. The summed E-state index contributed by atoms with van der Waals surface area (Å²) in [5, 5.41) is 14.0. The van der Waals surface area contributed by atoms with Crippen molar-refractivity contribution in [1.29, 1.82) is 0 Å². The van der Waals surface area contributed by atoms with E-state index in [2.05, 4.69) is 36.0 Å². The van der Waals surface area contributed by atoms with Crippen molar-refractivity contribution < 1.29 is 9.18 Å². The summed E-state index contributed by atoms with van der Waals surface area (Å²) < 4.78 is 12.8. The Labute approximate surface area is 158 Å². The van der Waals surface area contributed by atoms with Crippen LogP contribution in [-0.2, 0) is 4.79 Å². The number of thioether (sulfide) groups is 1. The molecule has 3 aromatic rings. The van der Waals surface area contributed by atoms with Crippen LogP contribution in [0, 0.1) is 5.82 Å². The molecular weight excluding hydrogens is 369 g/mol. The predicted molar refractivity (Wildman–Crippen MR) is 102 cm³/mol. The van der Waals surface area contributed by atoms with Crippen molar-refractivity contribution in [3.05, 3.63) is 60.2 Å². The van der Waals surface area contributed by atoms with E-state index in [1.807, 2.05) is 25.1 Å². The summed E-state index contributed by atoms with van der Waals surface area (Å²) in [7, 11) is 0. The Hall–Kier alpha value is -3.27. The van der Waals surface area contributed by atoms with E-state index in [0.717, 1.165) is 17.5 Å². The lowest BCUT2D eigenvalue weighted by atomic mass is 10.3. The van der Waals surface area contributed by atoms with Gasteiger partial charge in [0.1, 0.15) is 5.82 Å². The van der Waals surface area contributed by atoms with Gasteiger partial charge in [0.2, 0.25) is 17.0 Å². The van der Waals surface area contributed by atoms with Gasteiger partial charge in [-0.25, -0.2) is 14.9 Å². The lowest BCUT2D eigenvalue weighted by Crippen LogP contribution is -2.14. The minimum atomic E-state index is -0.357. The quantitative estimate of drug-likeness (QED) is 0.328. The first-order valence-electron chi connectivity index (χ1n) is 7.92. The maximum atomic E-state index is 12.8. The Bertz CT molecular complexity index is 928. The van der Waals surface area contributed by atoms with Crippen molar-refractivity contribution >= 4 is 35.0 Å². The van der Waals surface area contributed by atoms with E-state index < -0.39 is 0 Å². The fraction of sp³-hybridized carbons (Fsp3) is 0.118. The highest BCUT2D eigenvalue weighted by Crippen LogP contribution is 2.15. The number of amides is 1. The first kappa shape index (κ1) is 18.5. The second kappa shape index (κ2) is 8.90. The van der Waals surface area contributed by atoms with E-state index in [9.17, 15) is 9.18 Å². The van der Waals surface area contributed by atoms with Crippen molar-refractivity contribution in [2.75, 3.05) is 16.5 Å². The second-order valence-electron chi connectivity index (χ2n) is 5.33. The summed E-state index contributed by atoms with van der Waals surface area (Å²) in [5.74, 6) is -0.129. The van der Waals surface area contributed by atoms with Gasteiger partial charge >= 0.3 is 0 Å². The van der Waals surface area contributed by atoms with Crippen molar-refractivity contribution in [1.82, 2.24) is 20.2 Å². The van der Waals surface area contributed by atoms with Gasteiger partial charge in [-0.3, -0.25) is 9.78 Å². The molecule has 0 bridgehead atoms. The van der Waals surface area contributed by atoms with E-state index in [-0.39, 0.29) is 17.5 Å². The highest BCUT2D eigenvalue weighted by Gasteiger charge is 2.08. The van der Waals surface area contributed by atoms with Gasteiger partial charge in [-0.1, -0.05) is 17.8 Å². The minimum absolute atomic E-state index is 0.116. The lowest BCUT2D eigenvalue weighted by molar-refractivity contribution is -0.113. The number of hydrogen-bond donors (Lipinski definition) is 3. The van der Waals surface area contributed by atoms with Crippen LogP contribution in [0.25, 0.3) is 0 Å². The lowest BCUT2D eigenvalue weighted by Gasteiger charge is -2.03. The molecule has 2 aromatic heterocycles. The monoisotopic (exact) mass is 385 g/mol. The van der Waals surface area contributed by atoms with Gasteiger partial charge in [0.15, 0.2) is 0 Å². The van der Waals surface area contributed by atoms with Crippen LogP contribution in [0.4, 0.5) is 16.0 Å². The molecule has 8 nitrogen and oxygen atoms in total. The highest BCUT2D eigenvalue weighted by molar-refractivity contribution is 7.99. The van der Waals surface area contributed by atoms with Crippen LogP contribution in [0.15, 0.2) is 58.9 Å². The van der Waals surface area contributed by atoms with Crippen LogP contribution in [-0.4, -0.2) is 37.5 Å². The summed E-state index contributed by atoms with van der Waals surface area (Å²) in [4.78, 5) is 20.3. The number of hydrogen-bond acceptors (Lipinski definition) is 7. The van der Waals surface area contributed by atoms with E-state index >= 15 is 0 Å². The zero-order valence-corrected chi connectivity index (χ0v) is 15.1. The molecule has 10 heteroatoms. The number of nitrogens with one attached hydrogen (secondary N) is 3. The molecule has 0 spiro atoms. The third-order valence-electron chi connectivity index (χ3n) is 3.29. The Morgan fingerprint density at radius 3 is 2.81 bits per heavy atom. The van der Waals surface area contributed by atoms with Crippen LogP contribution in [0.1, 0.15) is 12.6 Å². The fourth-order valence-electron chi connectivity index (χ4n) is 1.99. The van der Waals surface area contributed by atoms with Crippen molar-refractivity contribution in [2.24, 2.45) is 5.10 Å². The molecule has 2 heterocycles. The van der Waals surface area contributed by atoms with Gasteiger partial charge in [-0.2, -0.15) is 10.1 Å². The van der Waals surface area contributed by atoms with E-state index in [1.165, 1.54) is 24.3 Å².